The molecule has 4 aromatic rings. The average Bonchev–Trinajstić information content (AvgIpc) is 3.30. The summed E-state index contributed by atoms with van der Waals surface area (Å²) in [7, 11) is 0. The van der Waals surface area contributed by atoms with Crippen LogP contribution in [0.4, 0.5) is 5.69 Å². The first-order valence-corrected chi connectivity index (χ1v) is 11.5. The van der Waals surface area contributed by atoms with Crippen molar-refractivity contribution in [2.75, 3.05) is 18.5 Å². The van der Waals surface area contributed by atoms with Gasteiger partial charge in [0.25, 0.3) is 5.56 Å². The van der Waals surface area contributed by atoms with Gasteiger partial charge >= 0.3 is 0 Å². The highest BCUT2D eigenvalue weighted by atomic mass is 16.5. The summed E-state index contributed by atoms with van der Waals surface area (Å²) in [4.78, 5) is 30.0. The molecular weight excluding hydrogens is 430 g/mol. The van der Waals surface area contributed by atoms with Crippen LogP contribution < -0.4 is 10.9 Å². The first-order valence-electron chi connectivity index (χ1n) is 11.5. The highest BCUT2D eigenvalue weighted by Gasteiger charge is 2.18. The van der Waals surface area contributed by atoms with Gasteiger partial charge in [-0.25, -0.2) is 0 Å². The fraction of sp³-hybridized carbons (Fsp3) is 0.308. The van der Waals surface area contributed by atoms with Crippen molar-refractivity contribution >= 4 is 17.4 Å². The fourth-order valence-corrected chi connectivity index (χ4v) is 4.34. The summed E-state index contributed by atoms with van der Waals surface area (Å²) in [5, 5.41) is 7.34. The lowest BCUT2D eigenvalue weighted by Crippen LogP contribution is -2.25. The molecule has 1 amide bonds. The van der Waals surface area contributed by atoms with E-state index in [1.807, 2.05) is 43.3 Å². The molecule has 0 saturated carbocycles. The van der Waals surface area contributed by atoms with E-state index in [9.17, 15) is 9.59 Å². The number of nitrogens with zero attached hydrogens (tertiary/aromatic N) is 4. The Morgan fingerprint density at radius 3 is 2.47 bits per heavy atom. The van der Waals surface area contributed by atoms with E-state index in [1.54, 1.807) is 11.5 Å². The first kappa shape index (κ1) is 22.0. The summed E-state index contributed by atoms with van der Waals surface area (Å²) >= 11 is 0. The van der Waals surface area contributed by atoms with Gasteiger partial charge in [-0.3, -0.25) is 9.59 Å². The van der Waals surface area contributed by atoms with Crippen LogP contribution in [0.5, 0.6) is 0 Å². The lowest BCUT2D eigenvalue weighted by Gasteiger charge is -2.22. The first-order chi connectivity index (χ1) is 16.5. The van der Waals surface area contributed by atoms with E-state index in [-0.39, 0.29) is 18.0 Å². The third-order valence-electron chi connectivity index (χ3n) is 6.30. The zero-order valence-corrected chi connectivity index (χ0v) is 19.3. The van der Waals surface area contributed by atoms with Gasteiger partial charge in [-0.2, -0.15) is 9.50 Å². The molecule has 1 saturated heterocycles. The third-order valence-corrected chi connectivity index (χ3v) is 6.30. The zero-order valence-electron chi connectivity index (χ0n) is 19.3. The van der Waals surface area contributed by atoms with Gasteiger partial charge in [0.1, 0.15) is 6.54 Å². The van der Waals surface area contributed by atoms with Crippen molar-refractivity contribution < 1.29 is 9.53 Å². The monoisotopic (exact) mass is 457 g/mol. The summed E-state index contributed by atoms with van der Waals surface area (Å²) in [5.41, 5.74) is 4.31. The van der Waals surface area contributed by atoms with Crippen molar-refractivity contribution in [1.82, 2.24) is 19.2 Å². The molecule has 0 atom stereocenters. The van der Waals surface area contributed by atoms with Gasteiger partial charge in [0.15, 0.2) is 5.82 Å². The lowest BCUT2D eigenvalue weighted by molar-refractivity contribution is -0.116. The van der Waals surface area contributed by atoms with Crippen LogP contribution in [0.1, 0.15) is 35.6 Å². The second kappa shape index (κ2) is 9.23. The molecule has 0 radical (unpaired) electrons. The molecule has 8 nitrogen and oxygen atoms in total. The molecule has 1 N–H and O–H groups in total. The fourth-order valence-electron chi connectivity index (χ4n) is 4.34. The Kier molecular flexibility index (Phi) is 5.98. The van der Waals surface area contributed by atoms with Gasteiger partial charge in [-0.05, 0) is 50.3 Å². The SMILES string of the molecule is Cc1ccc(NC(=O)Cn2c(C)cc(=O)n3nc(-c4ccc(C5CCOCC5)cc4)nc23)cc1. The molecule has 0 bridgehead atoms. The average molecular weight is 458 g/mol. The molecule has 0 aliphatic carbocycles. The predicted octanol–water partition coefficient (Wildman–Crippen LogP) is 3.71. The molecule has 1 aliphatic rings. The Balaban J connectivity index is 1.42. The number of hydrogen-bond donors (Lipinski definition) is 1. The minimum Gasteiger partial charge on any atom is -0.381 e. The molecule has 0 spiro atoms. The maximum atomic E-state index is 12.7. The van der Waals surface area contributed by atoms with Gasteiger partial charge < -0.3 is 14.6 Å². The number of carbonyl (C=O) groups is 1. The molecule has 2 aromatic heterocycles. The second-order valence-electron chi connectivity index (χ2n) is 8.78. The number of rotatable bonds is 5. The molecule has 1 fully saturated rings. The lowest BCUT2D eigenvalue weighted by atomic mass is 9.91. The largest absolute Gasteiger partial charge is 0.381 e. The summed E-state index contributed by atoms with van der Waals surface area (Å²) < 4.78 is 8.43. The molecule has 2 aromatic carbocycles. The zero-order chi connectivity index (χ0) is 23.7. The number of carbonyl (C=O) groups excluding carboxylic acids is 1. The molecule has 34 heavy (non-hydrogen) atoms. The maximum Gasteiger partial charge on any atom is 0.275 e. The number of ether oxygens (including phenoxy) is 1. The minimum absolute atomic E-state index is 0.0182. The van der Waals surface area contributed by atoms with Crippen LogP contribution in [0.15, 0.2) is 59.4 Å². The van der Waals surface area contributed by atoms with Gasteiger partial charge in [0, 0.05) is 36.2 Å². The topological polar surface area (TPSA) is 90.5 Å². The minimum atomic E-state index is -0.278. The molecular formula is C26H27N5O3. The number of fused-ring (bicyclic) bond motifs is 1. The van der Waals surface area contributed by atoms with Crippen molar-refractivity contribution in [3.63, 3.8) is 0 Å². The summed E-state index contributed by atoms with van der Waals surface area (Å²) in [6.45, 7) is 5.39. The Bertz CT molecular complexity index is 1380. The Morgan fingerprint density at radius 2 is 1.76 bits per heavy atom. The van der Waals surface area contributed by atoms with Crippen molar-refractivity contribution in [1.29, 1.82) is 0 Å². The quantitative estimate of drug-likeness (QED) is 0.493. The number of amides is 1. The number of aromatic nitrogens is 4. The Hall–Kier alpha value is -3.78. The van der Waals surface area contributed by atoms with Crippen molar-refractivity contribution in [2.45, 2.75) is 39.2 Å². The number of benzene rings is 2. The van der Waals surface area contributed by atoms with Crippen LogP contribution >= 0.6 is 0 Å². The van der Waals surface area contributed by atoms with E-state index in [0.29, 0.717) is 23.2 Å². The van der Waals surface area contributed by atoms with Crippen LogP contribution in [-0.4, -0.2) is 38.3 Å². The van der Waals surface area contributed by atoms with Gasteiger partial charge in [0.2, 0.25) is 11.7 Å². The van der Waals surface area contributed by atoms with Crippen LogP contribution in [0, 0.1) is 13.8 Å². The molecule has 174 valence electrons. The van der Waals surface area contributed by atoms with Gasteiger partial charge in [-0.15, -0.1) is 5.10 Å². The highest BCUT2D eigenvalue weighted by Crippen LogP contribution is 2.28. The highest BCUT2D eigenvalue weighted by molar-refractivity contribution is 5.90. The number of anilines is 1. The molecule has 8 heteroatoms. The molecule has 5 rings (SSSR count). The summed E-state index contributed by atoms with van der Waals surface area (Å²) in [5.74, 6) is 1.09. The van der Waals surface area contributed by atoms with Gasteiger partial charge in [-0.1, -0.05) is 42.0 Å². The second-order valence-corrected chi connectivity index (χ2v) is 8.78. The van der Waals surface area contributed by atoms with E-state index < -0.39 is 0 Å². The van der Waals surface area contributed by atoms with Crippen LogP contribution in [0.2, 0.25) is 0 Å². The normalized spacial score (nSPS) is 14.4. The summed E-state index contributed by atoms with van der Waals surface area (Å²) in [6.07, 6.45) is 2.05. The predicted molar refractivity (Wildman–Crippen MR) is 130 cm³/mol. The molecule has 3 heterocycles. The molecule has 0 unspecified atom stereocenters. The van der Waals surface area contributed by atoms with Gasteiger partial charge in [0.05, 0.1) is 0 Å². The number of nitrogens with one attached hydrogen (secondary N) is 1. The Labute approximate surface area is 197 Å². The van der Waals surface area contributed by atoms with Crippen molar-refractivity contribution in [2.24, 2.45) is 0 Å². The van der Waals surface area contributed by atoms with E-state index in [1.165, 1.54) is 16.1 Å². The number of hydrogen-bond acceptors (Lipinski definition) is 5. The van der Waals surface area contributed by atoms with E-state index in [0.717, 1.165) is 42.9 Å². The van der Waals surface area contributed by atoms with Crippen LogP contribution in [0.3, 0.4) is 0 Å². The smallest absolute Gasteiger partial charge is 0.275 e. The van der Waals surface area contributed by atoms with E-state index in [2.05, 4.69) is 27.5 Å². The van der Waals surface area contributed by atoms with Crippen molar-refractivity contribution in [3.8, 4) is 11.4 Å². The third kappa shape index (κ3) is 4.49. The molecule has 1 aliphatic heterocycles. The van der Waals surface area contributed by atoms with Crippen LogP contribution in [-0.2, 0) is 16.1 Å². The van der Waals surface area contributed by atoms with E-state index >= 15 is 0 Å². The number of aryl methyl sites for hydroxylation is 2. The maximum absolute atomic E-state index is 12.7. The Morgan fingerprint density at radius 1 is 1.06 bits per heavy atom. The van der Waals surface area contributed by atoms with Crippen molar-refractivity contribution in [3.05, 3.63) is 81.8 Å². The summed E-state index contributed by atoms with van der Waals surface area (Å²) in [6, 6.07) is 17.3. The van der Waals surface area contributed by atoms with E-state index in [4.69, 9.17) is 4.74 Å². The van der Waals surface area contributed by atoms with Crippen LogP contribution in [0.25, 0.3) is 17.2 Å². The standard InChI is InChI=1S/C26H27N5O3/c1-17-3-9-22(10-4-17)27-23(32)16-30-18(2)15-24(33)31-26(30)28-25(29-31)21-7-5-19(6-8-21)20-11-13-34-14-12-20/h3-10,15,20H,11-14,16H2,1-2H3,(H,27,32).